The van der Waals surface area contributed by atoms with Crippen LogP contribution >= 0.6 is 0 Å². The average molecular weight is 552 g/mol. The highest BCUT2D eigenvalue weighted by molar-refractivity contribution is 5.89. The van der Waals surface area contributed by atoms with E-state index in [9.17, 15) is 4.79 Å². The number of rotatable bonds is 8. The van der Waals surface area contributed by atoms with Gasteiger partial charge in [0.25, 0.3) is 0 Å². The molecule has 0 bridgehead atoms. The maximum atomic E-state index is 11.7. The molecule has 2 aliphatic rings. The molecule has 0 saturated carbocycles. The number of likely N-dealkylation sites (N-methyl/N-ethyl adjacent to an activating group) is 1. The number of piperidine rings is 1. The maximum absolute atomic E-state index is 11.7. The Balaban J connectivity index is 1.03. The molecule has 2 aromatic heterocycles. The molecule has 2 saturated heterocycles. The number of aromatic nitrogens is 2. The molecule has 0 radical (unpaired) electrons. The summed E-state index contributed by atoms with van der Waals surface area (Å²) in [6.07, 6.45) is 6.53. The molecule has 0 amide bonds. The number of fused-ring (bicyclic) bond motifs is 1. The van der Waals surface area contributed by atoms with Crippen molar-refractivity contribution in [3.63, 3.8) is 0 Å². The molecule has 0 unspecified atom stereocenters. The second-order valence-electron chi connectivity index (χ2n) is 11.8. The number of hydrogen-bond donors (Lipinski definition) is 0. The first kappa shape index (κ1) is 27.6. The maximum Gasteiger partial charge on any atom is 0.337 e. The topological polar surface area (TPSA) is 53.8 Å². The molecule has 2 aromatic carbocycles. The summed E-state index contributed by atoms with van der Waals surface area (Å²) < 4.78 is 6.98. The van der Waals surface area contributed by atoms with Gasteiger partial charge in [0.2, 0.25) is 0 Å². The Hall–Kier alpha value is -3.52. The minimum atomic E-state index is -0.311. The van der Waals surface area contributed by atoms with Gasteiger partial charge in [-0.2, -0.15) is 0 Å². The lowest BCUT2D eigenvalue weighted by Crippen LogP contribution is -2.43. The van der Waals surface area contributed by atoms with Gasteiger partial charge >= 0.3 is 5.97 Å². The van der Waals surface area contributed by atoms with Crippen LogP contribution in [0.1, 0.15) is 51.4 Å². The molecule has 0 aliphatic carbocycles. The fraction of sp³-hybridized carbons (Fsp3) is 0.412. The van der Waals surface area contributed by atoms with Gasteiger partial charge in [-0.3, -0.25) is 9.80 Å². The van der Waals surface area contributed by atoms with Crippen LogP contribution in [0.3, 0.4) is 0 Å². The Morgan fingerprint density at radius 2 is 1.51 bits per heavy atom. The summed E-state index contributed by atoms with van der Waals surface area (Å²) in [5, 5.41) is 1.19. The van der Waals surface area contributed by atoms with E-state index in [2.05, 4.69) is 75.1 Å². The lowest BCUT2D eigenvalue weighted by atomic mass is 9.90. The van der Waals surface area contributed by atoms with Crippen molar-refractivity contribution >= 4 is 17.0 Å². The average Bonchev–Trinajstić information content (AvgIpc) is 3.40. The molecule has 0 N–H and O–H groups in total. The second kappa shape index (κ2) is 12.6. The SMILES string of the molecule is COC(=O)c1ccc(Cn2ccc3cc(C4CCN(Cc5cccc(CN6CCN(C)CC6)c5)CC4)cnc32)cc1. The highest BCUT2D eigenvalue weighted by atomic mass is 16.5. The van der Waals surface area contributed by atoms with E-state index in [1.807, 2.05) is 24.3 Å². The van der Waals surface area contributed by atoms with Gasteiger partial charge in [0, 0.05) is 63.6 Å². The van der Waals surface area contributed by atoms with Gasteiger partial charge in [-0.15, -0.1) is 0 Å². The van der Waals surface area contributed by atoms with Gasteiger partial charge in [0.05, 0.1) is 12.7 Å². The number of carbonyl (C=O) groups is 1. The van der Waals surface area contributed by atoms with Crippen LogP contribution in [0, 0.1) is 0 Å². The van der Waals surface area contributed by atoms with Gasteiger partial charge in [0.15, 0.2) is 0 Å². The molecule has 0 spiro atoms. The largest absolute Gasteiger partial charge is 0.465 e. The number of likely N-dealkylation sites (tertiary alicyclic amines) is 1. The van der Waals surface area contributed by atoms with Gasteiger partial charge in [-0.1, -0.05) is 36.4 Å². The molecule has 4 heterocycles. The molecule has 41 heavy (non-hydrogen) atoms. The minimum absolute atomic E-state index is 0.311. The first-order valence-corrected chi connectivity index (χ1v) is 14.9. The molecular formula is C34H41N5O2. The molecule has 7 heteroatoms. The van der Waals surface area contributed by atoms with E-state index >= 15 is 0 Å². The first-order valence-electron chi connectivity index (χ1n) is 14.9. The highest BCUT2D eigenvalue weighted by Crippen LogP contribution is 2.30. The van der Waals surface area contributed by atoms with Crippen LogP contribution in [0.2, 0.25) is 0 Å². The quantitative estimate of drug-likeness (QED) is 0.288. The Morgan fingerprint density at radius 1 is 0.829 bits per heavy atom. The third kappa shape index (κ3) is 6.70. The monoisotopic (exact) mass is 551 g/mol. The van der Waals surface area contributed by atoms with E-state index in [0.717, 1.165) is 63.6 Å². The Kier molecular flexibility index (Phi) is 8.46. The van der Waals surface area contributed by atoms with Gasteiger partial charge < -0.3 is 14.2 Å². The number of hydrogen-bond acceptors (Lipinski definition) is 6. The Labute approximate surface area is 243 Å². The summed E-state index contributed by atoms with van der Waals surface area (Å²) in [4.78, 5) is 24.2. The molecule has 7 nitrogen and oxygen atoms in total. The van der Waals surface area contributed by atoms with Crippen LogP contribution < -0.4 is 0 Å². The number of benzene rings is 2. The zero-order valence-corrected chi connectivity index (χ0v) is 24.3. The van der Waals surface area contributed by atoms with Crippen LogP contribution in [0.4, 0.5) is 0 Å². The van der Waals surface area contributed by atoms with E-state index in [4.69, 9.17) is 9.72 Å². The predicted molar refractivity (Wildman–Crippen MR) is 163 cm³/mol. The zero-order chi connectivity index (χ0) is 28.2. The van der Waals surface area contributed by atoms with Gasteiger partial charge in [0.1, 0.15) is 5.65 Å². The van der Waals surface area contributed by atoms with Crippen molar-refractivity contribution in [1.29, 1.82) is 0 Å². The second-order valence-corrected chi connectivity index (χ2v) is 11.8. The van der Waals surface area contributed by atoms with Crippen LogP contribution in [-0.4, -0.2) is 83.6 Å². The Morgan fingerprint density at radius 3 is 2.20 bits per heavy atom. The van der Waals surface area contributed by atoms with Crippen molar-refractivity contribution in [3.8, 4) is 0 Å². The number of nitrogens with zero attached hydrogens (tertiary/aromatic N) is 5. The molecule has 214 valence electrons. The van der Waals surface area contributed by atoms with E-state index in [1.54, 1.807) is 0 Å². The number of pyridine rings is 1. The number of methoxy groups -OCH3 is 1. The minimum Gasteiger partial charge on any atom is -0.465 e. The van der Waals surface area contributed by atoms with Crippen molar-refractivity contribution in [1.82, 2.24) is 24.3 Å². The van der Waals surface area contributed by atoms with Gasteiger partial charge in [-0.25, -0.2) is 9.78 Å². The molecule has 4 aromatic rings. The lowest BCUT2D eigenvalue weighted by molar-refractivity contribution is 0.0600. The number of ether oxygens (including phenoxy) is 1. The van der Waals surface area contributed by atoms with E-state index in [0.29, 0.717) is 18.0 Å². The normalized spacial score (nSPS) is 17.7. The summed E-state index contributed by atoms with van der Waals surface area (Å²) in [5.41, 5.74) is 6.91. The number of carbonyl (C=O) groups excluding carboxylic acids is 1. The number of esters is 1. The summed E-state index contributed by atoms with van der Waals surface area (Å²) in [6, 6.07) is 21.3. The van der Waals surface area contributed by atoms with Crippen LogP contribution in [0.5, 0.6) is 0 Å². The molecule has 2 aliphatic heterocycles. The smallest absolute Gasteiger partial charge is 0.337 e. The molecule has 6 rings (SSSR count). The zero-order valence-electron chi connectivity index (χ0n) is 24.3. The summed E-state index contributed by atoms with van der Waals surface area (Å²) in [7, 11) is 3.62. The van der Waals surface area contributed by atoms with Crippen molar-refractivity contribution in [2.75, 3.05) is 53.4 Å². The fourth-order valence-corrected chi connectivity index (χ4v) is 6.28. The van der Waals surface area contributed by atoms with E-state index in [-0.39, 0.29) is 5.97 Å². The fourth-order valence-electron chi connectivity index (χ4n) is 6.28. The van der Waals surface area contributed by atoms with Crippen LogP contribution in [0.15, 0.2) is 73.1 Å². The predicted octanol–water partition coefficient (Wildman–Crippen LogP) is 5.00. The standard InChI is InChI=1S/C34H41N5O2/c1-36-16-18-38(19-17-36)24-28-5-3-4-27(20-28)23-37-13-10-29(11-14-37)32-21-31-12-15-39(33(31)35-22-32)25-26-6-8-30(9-7-26)34(40)41-2/h3-9,12,15,20-22,29H,10-11,13-14,16-19,23-25H2,1-2H3. The van der Waals surface area contributed by atoms with E-state index in [1.165, 1.54) is 42.0 Å². The lowest BCUT2D eigenvalue weighted by Gasteiger charge is -2.33. The molecule has 2 fully saturated rings. The van der Waals surface area contributed by atoms with Crippen molar-refractivity contribution < 1.29 is 9.53 Å². The van der Waals surface area contributed by atoms with E-state index < -0.39 is 0 Å². The van der Waals surface area contributed by atoms with Gasteiger partial charge in [-0.05, 0) is 85.4 Å². The molecular weight excluding hydrogens is 510 g/mol. The third-order valence-corrected chi connectivity index (χ3v) is 8.81. The summed E-state index contributed by atoms with van der Waals surface area (Å²) in [6.45, 7) is 9.69. The van der Waals surface area contributed by atoms with Crippen LogP contribution in [-0.2, 0) is 24.4 Å². The van der Waals surface area contributed by atoms with Crippen molar-refractivity contribution in [2.24, 2.45) is 0 Å². The van der Waals surface area contributed by atoms with Crippen molar-refractivity contribution in [2.45, 2.75) is 38.4 Å². The van der Waals surface area contributed by atoms with Crippen molar-refractivity contribution in [3.05, 3.63) is 101 Å². The summed E-state index contributed by atoms with van der Waals surface area (Å²) >= 11 is 0. The number of piperazine rings is 1. The Bertz CT molecular complexity index is 1460. The first-order chi connectivity index (χ1) is 20.0. The third-order valence-electron chi connectivity index (χ3n) is 8.81. The molecule has 0 atom stereocenters. The highest BCUT2D eigenvalue weighted by Gasteiger charge is 2.22. The van der Waals surface area contributed by atoms with Crippen LogP contribution in [0.25, 0.3) is 11.0 Å². The summed E-state index contributed by atoms with van der Waals surface area (Å²) in [5.74, 6) is 0.245.